The van der Waals surface area contributed by atoms with E-state index in [0.717, 1.165) is 5.69 Å². The van der Waals surface area contributed by atoms with Crippen LogP contribution >= 0.6 is 0 Å². The highest BCUT2D eigenvalue weighted by Gasteiger charge is 2.27. The molecule has 4 heterocycles. The van der Waals surface area contributed by atoms with E-state index in [2.05, 4.69) is 15.2 Å². The number of ether oxygens (including phenoxy) is 1. The van der Waals surface area contributed by atoms with Crippen LogP contribution in [0, 0.1) is 0 Å². The maximum Gasteiger partial charge on any atom is 0.267 e. The van der Waals surface area contributed by atoms with Gasteiger partial charge in [0.25, 0.3) is 5.56 Å². The summed E-state index contributed by atoms with van der Waals surface area (Å²) in [6.07, 6.45) is 2.99. The monoisotopic (exact) mass is 545 g/mol. The molecule has 39 heavy (non-hydrogen) atoms. The van der Waals surface area contributed by atoms with E-state index in [1.54, 1.807) is 35.9 Å². The average Bonchev–Trinajstić information content (AvgIpc) is 3.44. The van der Waals surface area contributed by atoms with E-state index in [0.29, 0.717) is 52.4 Å². The molecule has 12 heteroatoms. The predicted molar refractivity (Wildman–Crippen MR) is 150 cm³/mol. The SMILES string of the molecule is CCS(=O)(=O)c1ccc2c(c1)N(C)CC(CN(C)c1ncc3c4[nH]ncc4c(=O)n(-c4ccccc4)c3n1)O2. The highest BCUT2D eigenvalue weighted by molar-refractivity contribution is 7.91. The first-order valence-corrected chi connectivity index (χ1v) is 14.2. The number of aromatic amines is 1. The lowest BCUT2D eigenvalue weighted by Crippen LogP contribution is -2.44. The number of likely N-dealkylation sites (N-methyl/N-ethyl adjacent to an activating group) is 2. The second-order valence-corrected chi connectivity index (χ2v) is 11.9. The Labute approximate surface area is 224 Å². The van der Waals surface area contributed by atoms with Crippen LogP contribution in [0.15, 0.2) is 70.6 Å². The molecule has 0 saturated carbocycles. The minimum Gasteiger partial charge on any atom is -0.485 e. The summed E-state index contributed by atoms with van der Waals surface area (Å²) in [5, 5.41) is 8.12. The molecule has 6 rings (SSSR count). The van der Waals surface area contributed by atoms with Crippen molar-refractivity contribution in [1.82, 2.24) is 24.7 Å². The van der Waals surface area contributed by atoms with Gasteiger partial charge in [0.05, 0.1) is 57.6 Å². The van der Waals surface area contributed by atoms with Crippen molar-refractivity contribution in [2.75, 3.05) is 42.7 Å². The molecule has 0 saturated heterocycles. The number of nitrogens with one attached hydrogen (secondary N) is 1. The number of benzene rings is 2. The Morgan fingerprint density at radius 3 is 2.69 bits per heavy atom. The minimum absolute atomic E-state index is 0.0412. The van der Waals surface area contributed by atoms with Crippen molar-refractivity contribution in [1.29, 1.82) is 0 Å². The van der Waals surface area contributed by atoms with Crippen LogP contribution in [0.3, 0.4) is 0 Å². The van der Waals surface area contributed by atoms with Crippen molar-refractivity contribution in [3.8, 4) is 11.4 Å². The van der Waals surface area contributed by atoms with Crippen LogP contribution in [0.1, 0.15) is 6.92 Å². The third-order valence-corrected chi connectivity index (χ3v) is 8.73. The molecule has 0 amide bonds. The summed E-state index contributed by atoms with van der Waals surface area (Å²) < 4.78 is 32.5. The molecule has 0 radical (unpaired) electrons. The van der Waals surface area contributed by atoms with E-state index in [1.807, 2.05) is 54.2 Å². The molecule has 3 aromatic heterocycles. The van der Waals surface area contributed by atoms with Crippen LogP contribution in [0.5, 0.6) is 5.75 Å². The fourth-order valence-electron chi connectivity index (χ4n) is 4.94. The van der Waals surface area contributed by atoms with E-state index in [1.165, 1.54) is 6.20 Å². The number of para-hydroxylation sites is 1. The van der Waals surface area contributed by atoms with Gasteiger partial charge in [0, 0.05) is 20.3 Å². The Balaban J connectivity index is 1.33. The molecule has 0 bridgehead atoms. The molecule has 1 atom stereocenters. The molecule has 0 spiro atoms. The van der Waals surface area contributed by atoms with Crippen molar-refractivity contribution in [2.45, 2.75) is 17.9 Å². The van der Waals surface area contributed by atoms with Crippen molar-refractivity contribution >= 4 is 43.4 Å². The van der Waals surface area contributed by atoms with E-state index in [9.17, 15) is 13.2 Å². The lowest BCUT2D eigenvalue weighted by Gasteiger charge is -2.35. The molecule has 11 nitrogen and oxygen atoms in total. The standard InChI is InChI=1S/C27H27N7O4S/c1-4-39(36,37)19-10-11-23-22(12-19)32(2)15-18(38-23)16-33(3)27-28-13-20-24-21(14-29-31-24)26(35)34(25(20)30-27)17-8-6-5-7-9-17/h5-14,18H,4,15-16H2,1-3H3,(H,29,31). The smallest absolute Gasteiger partial charge is 0.267 e. The lowest BCUT2D eigenvalue weighted by molar-refractivity contribution is 0.201. The first-order chi connectivity index (χ1) is 18.8. The summed E-state index contributed by atoms with van der Waals surface area (Å²) in [7, 11) is 0.470. The summed E-state index contributed by atoms with van der Waals surface area (Å²) in [5.74, 6) is 1.10. The van der Waals surface area contributed by atoms with Gasteiger partial charge < -0.3 is 14.5 Å². The van der Waals surface area contributed by atoms with Gasteiger partial charge in [0.15, 0.2) is 15.5 Å². The number of nitrogens with zero attached hydrogens (tertiary/aromatic N) is 6. The van der Waals surface area contributed by atoms with E-state index >= 15 is 0 Å². The van der Waals surface area contributed by atoms with E-state index in [4.69, 9.17) is 9.72 Å². The first-order valence-electron chi connectivity index (χ1n) is 12.5. The number of aromatic nitrogens is 5. The molecule has 0 fully saturated rings. The topological polar surface area (TPSA) is 126 Å². The summed E-state index contributed by atoms with van der Waals surface area (Å²) in [4.78, 5) is 27.0. The Bertz CT molecular complexity index is 1870. The highest BCUT2D eigenvalue weighted by atomic mass is 32.2. The second kappa shape index (κ2) is 9.38. The quantitative estimate of drug-likeness (QED) is 0.343. The molecule has 1 aliphatic heterocycles. The zero-order valence-electron chi connectivity index (χ0n) is 21.7. The predicted octanol–water partition coefficient (Wildman–Crippen LogP) is 2.78. The zero-order valence-corrected chi connectivity index (χ0v) is 22.5. The van der Waals surface area contributed by atoms with Gasteiger partial charge in [-0.1, -0.05) is 25.1 Å². The van der Waals surface area contributed by atoms with Crippen molar-refractivity contribution in [3.63, 3.8) is 0 Å². The van der Waals surface area contributed by atoms with E-state index < -0.39 is 9.84 Å². The van der Waals surface area contributed by atoms with Crippen LogP contribution < -0.4 is 20.1 Å². The molecule has 0 aliphatic carbocycles. The van der Waals surface area contributed by atoms with Gasteiger partial charge in [-0.2, -0.15) is 10.1 Å². The molecule has 1 unspecified atom stereocenters. The van der Waals surface area contributed by atoms with Gasteiger partial charge in [0.1, 0.15) is 11.9 Å². The van der Waals surface area contributed by atoms with Gasteiger partial charge in [0.2, 0.25) is 5.95 Å². The summed E-state index contributed by atoms with van der Waals surface area (Å²) in [6, 6.07) is 14.3. The molecule has 1 aliphatic rings. The van der Waals surface area contributed by atoms with Gasteiger partial charge in [-0.25, -0.2) is 13.4 Å². The molecule has 2 aromatic carbocycles. The number of pyridine rings is 1. The molecule has 5 aromatic rings. The van der Waals surface area contributed by atoms with Crippen molar-refractivity contribution in [2.24, 2.45) is 0 Å². The second-order valence-electron chi connectivity index (χ2n) is 9.58. The van der Waals surface area contributed by atoms with Gasteiger partial charge >= 0.3 is 0 Å². The third kappa shape index (κ3) is 4.26. The Kier molecular flexibility index (Phi) is 5.98. The fourth-order valence-corrected chi connectivity index (χ4v) is 5.84. The number of H-pyrrole nitrogens is 1. The Morgan fingerprint density at radius 2 is 1.92 bits per heavy atom. The van der Waals surface area contributed by atoms with Crippen molar-refractivity contribution in [3.05, 3.63) is 71.3 Å². The van der Waals surface area contributed by atoms with Gasteiger partial charge in [-0.05, 0) is 30.3 Å². The van der Waals surface area contributed by atoms with Crippen molar-refractivity contribution < 1.29 is 13.2 Å². The van der Waals surface area contributed by atoms with Gasteiger partial charge in [-0.3, -0.25) is 14.5 Å². The first kappa shape index (κ1) is 24.9. The normalized spacial score (nSPS) is 15.4. The van der Waals surface area contributed by atoms with Crippen LogP contribution in [-0.4, -0.2) is 72.2 Å². The summed E-state index contributed by atoms with van der Waals surface area (Å²) in [5.41, 5.74) is 2.27. The maximum atomic E-state index is 13.4. The maximum absolute atomic E-state index is 13.4. The Morgan fingerprint density at radius 1 is 1.13 bits per heavy atom. The molecule has 200 valence electrons. The molecule has 1 N–H and O–H groups in total. The number of hydrogen-bond donors (Lipinski definition) is 1. The van der Waals surface area contributed by atoms with Crippen LogP contribution in [0.4, 0.5) is 11.6 Å². The molecular formula is C27H27N7O4S. The number of sulfone groups is 1. The zero-order chi connectivity index (χ0) is 27.3. The minimum atomic E-state index is -3.32. The third-order valence-electron chi connectivity index (χ3n) is 7.00. The summed E-state index contributed by atoms with van der Waals surface area (Å²) in [6.45, 7) is 2.64. The largest absolute Gasteiger partial charge is 0.485 e. The number of rotatable bonds is 6. The fraction of sp³-hybridized carbons (Fsp3) is 0.259. The summed E-state index contributed by atoms with van der Waals surface area (Å²) >= 11 is 0. The van der Waals surface area contributed by atoms with E-state index in [-0.39, 0.29) is 22.3 Å². The average molecular weight is 546 g/mol. The lowest BCUT2D eigenvalue weighted by atomic mass is 10.2. The number of fused-ring (bicyclic) bond motifs is 4. The number of anilines is 2. The van der Waals surface area contributed by atoms with Crippen LogP contribution in [-0.2, 0) is 9.84 Å². The number of hydrogen-bond acceptors (Lipinski definition) is 9. The highest BCUT2D eigenvalue weighted by Crippen LogP contribution is 2.35. The molecular weight excluding hydrogens is 518 g/mol. The van der Waals surface area contributed by atoms with Crippen LogP contribution in [0.2, 0.25) is 0 Å². The Hall–Kier alpha value is -4.45. The van der Waals surface area contributed by atoms with Crippen LogP contribution in [0.25, 0.3) is 27.6 Å². The van der Waals surface area contributed by atoms with Gasteiger partial charge in [-0.15, -0.1) is 0 Å².